The van der Waals surface area contributed by atoms with Crippen LogP contribution in [0, 0.1) is 0 Å². The molecule has 0 amide bonds. The number of alkyl halides is 3. The van der Waals surface area contributed by atoms with Gasteiger partial charge in [-0.2, -0.15) is 21.6 Å². The Morgan fingerprint density at radius 2 is 0.800 bits per heavy atom. The molecule has 0 spiro atoms. The quantitative estimate of drug-likeness (QED) is 0.0844. The number of hydrogen-bond donors (Lipinski definition) is 1. The normalized spacial score (nSPS) is 11.8. The SMILES string of the molecule is O=S(=O)(O)CC(F)(F)F.c1ccc([S+](c2cccc(OCc3c4ccccc4cc4ccccc34)c2)c2cccc(OCc3c4ccccc4cc4ccccc34)c2)cc1. The van der Waals surface area contributed by atoms with Crippen LogP contribution in [0.2, 0.25) is 0 Å². The maximum Gasteiger partial charge on any atom is 0.405 e. The summed E-state index contributed by atoms with van der Waals surface area (Å²) in [7, 11) is -5.29. The van der Waals surface area contributed by atoms with Gasteiger partial charge in [0.1, 0.15) is 24.7 Å². The van der Waals surface area contributed by atoms with Gasteiger partial charge in [-0.1, -0.05) is 127 Å². The number of benzene rings is 9. The van der Waals surface area contributed by atoms with E-state index in [0.29, 0.717) is 13.2 Å². The van der Waals surface area contributed by atoms with Gasteiger partial charge in [0.15, 0.2) is 20.4 Å². The van der Waals surface area contributed by atoms with Gasteiger partial charge in [-0.15, -0.1) is 0 Å². The zero-order chi connectivity index (χ0) is 41.7. The van der Waals surface area contributed by atoms with Crippen molar-refractivity contribution in [2.45, 2.75) is 34.1 Å². The van der Waals surface area contributed by atoms with Crippen LogP contribution < -0.4 is 9.47 Å². The molecule has 0 bridgehead atoms. The molecule has 0 radical (unpaired) electrons. The zero-order valence-electron chi connectivity index (χ0n) is 32.0. The van der Waals surface area contributed by atoms with Crippen LogP contribution >= 0.6 is 0 Å². The highest BCUT2D eigenvalue weighted by molar-refractivity contribution is 7.97. The van der Waals surface area contributed by atoms with Gasteiger partial charge in [0, 0.05) is 23.3 Å². The van der Waals surface area contributed by atoms with Gasteiger partial charge < -0.3 is 9.47 Å². The van der Waals surface area contributed by atoms with E-state index in [9.17, 15) is 21.6 Å². The minimum atomic E-state index is -4.91. The van der Waals surface area contributed by atoms with Crippen molar-refractivity contribution in [2.75, 3.05) is 5.75 Å². The molecule has 300 valence electrons. The first-order valence-corrected chi connectivity index (χ1v) is 21.9. The van der Waals surface area contributed by atoms with Crippen LogP contribution in [-0.2, 0) is 34.2 Å². The number of fused-ring (bicyclic) bond motifs is 4. The molecule has 9 rings (SSSR count). The van der Waals surface area contributed by atoms with Gasteiger partial charge in [-0.25, -0.2) is 0 Å². The first-order valence-electron chi connectivity index (χ1n) is 19.0. The Morgan fingerprint density at radius 1 is 0.450 bits per heavy atom. The van der Waals surface area contributed by atoms with Crippen molar-refractivity contribution < 1.29 is 35.6 Å². The Labute approximate surface area is 348 Å². The average molecular weight is 840 g/mol. The van der Waals surface area contributed by atoms with Gasteiger partial charge in [-0.05, 0) is 91.6 Å². The second-order valence-electron chi connectivity index (χ2n) is 14.1. The van der Waals surface area contributed by atoms with Gasteiger partial charge in [0.05, 0.1) is 10.9 Å². The molecule has 0 saturated carbocycles. The summed E-state index contributed by atoms with van der Waals surface area (Å²) in [5.41, 5.74) is 2.42. The molecule has 5 nitrogen and oxygen atoms in total. The molecule has 1 N–H and O–H groups in total. The Kier molecular flexibility index (Phi) is 11.8. The van der Waals surface area contributed by atoms with Crippen LogP contribution in [0.15, 0.2) is 203 Å². The third-order valence-electron chi connectivity index (χ3n) is 9.94. The van der Waals surface area contributed by atoms with Crippen molar-refractivity contribution >= 4 is 64.1 Å². The van der Waals surface area contributed by atoms with Crippen molar-refractivity contribution in [1.82, 2.24) is 0 Å². The molecule has 0 heterocycles. The summed E-state index contributed by atoms with van der Waals surface area (Å²) in [4.78, 5) is 3.63. The maximum atomic E-state index is 11.0. The minimum Gasteiger partial charge on any atom is -0.489 e. The van der Waals surface area contributed by atoms with Gasteiger partial charge in [-0.3, -0.25) is 4.55 Å². The molecule has 0 aliphatic rings. The Balaban J connectivity index is 0.000000500. The molecule has 0 saturated heterocycles. The lowest BCUT2D eigenvalue weighted by molar-refractivity contribution is -0.107. The molecule has 9 aromatic rings. The third-order valence-corrected chi connectivity index (χ3v) is 12.8. The molecule has 0 aromatic heterocycles. The first-order chi connectivity index (χ1) is 29.0. The van der Waals surface area contributed by atoms with E-state index >= 15 is 0 Å². The summed E-state index contributed by atoms with van der Waals surface area (Å²) in [6.07, 6.45) is -4.85. The lowest BCUT2D eigenvalue weighted by atomic mass is 9.97. The second kappa shape index (κ2) is 17.5. The first kappa shape index (κ1) is 40.4. The molecule has 0 unspecified atom stereocenters. The van der Waals surface area contributed by atoms with Gasteiger partial charge in [0.25, 0.3) is 10.1 Å². The molecule has 0 aliphatic heterocycles. The van der Waals surface area contributed by atoms with Gasteiger partial charge >= 0.3 is 6.18 Å². The summed E-state index contributed by atoms with van der Waals surface area (Å²) in [6.45, 7) is 0.965. The van der Waals surface area contributed by atoms with E-state index in [2.05, 4.69) is 188 Å². The Bertz CT molecular complexity index is 2790. The van der Waals surface area contributed by atoms with E-state index < -0.39 is 22.0 Å². The summed E-state index contributed by atoms with van der Waals surface area (Å²) in [6, 6.07) is 66.8. The topological polar surface area (TPSA) is 72.8 Å². The van der Waals surface area contributed by atoms with Crippen molar-refractivity contribution in [2.24, 2.45) is 0 Å². The van der Waals surface area contributed by atoms with Crippen LogP contribution in [0.5, 0.6) is 11.5 Å². The van der Waals surface area contributed by atoms with E-state index in [1.165, 1.54) is 68.9 Å². The Hall–Kier alpha value is -6.33. The molecule has 9 aromatic carbocycles. The van der Waals surface area contributed by atoms with Crippen molar-refractivity contribution in [1.29, 1.82) is 0 Å². The number of hydrogen-bond acceptors (Lipinski definition) is 4. The molecular formula is C50H38F3O5S2+. The molecule has 60 heavy (non-hydrogen) atoms. The molecule has 0 atom stereocenters. The summed E-state index contributed by atoms with van der Waals surface area (Å²) >= 11 is 0. The molecule has 0 aliphatic carbocycles. The van der Waals surface area contributed by atoms with Crippen LogP contribution in [0.25, 0.3) is 43.1 Å². The zero-order valence-corrected chi connectivity index (χ0v) is 33.7. The third kappa shape index (κ3) is 9.58. The van der Waals surface area contributed by atoms with E-state index in [1.54, 1.807) is 0 Å². The lowest BCUT2D eigenvalue weighted by Gasteiger charge is -2.15. The largest absolute Gasteiger partial charge is 0.489 e. The summed E-state index contributed by atoms with van der Waals surface area (Å²) < 4.78 is 72.9. The monoisotopic (exact) mass is 839 g/mol. The van der Waals surface area contributed by atoms with Crippen LogP contribution in [0.3, 0.4) is 0 Å². The number of halogens is 3. The summed E-state index contributed by atoms with van der Waals surface area (Å²) in [5, 5.41) is 9.81. The fourth-order valence-corrected chi connectivity index (χ4v) is 9.95. The fourth-order valence-electron chi connectivity index (χ4n) is 7.39. The fraction of sp³-hybridized carbons (Fsp3) is 0.0800. The molecule has 0 fully saturated rings. The van der Waals surface area contributed by atoms with Gasteiger partial charge in [0.2, 0.25) is 0 Å². The highest BCUT2D eigenvalue weighted by Crippen LogP contribution is 2.36. The van der Waals surface area contributed by atoms with E-state index in [-0.39, 0.29) is 10.9 Å². The summed E-state index contributed by atoms with van der Waals surface area (Å²) in [5.74, 6) is -0.471. The van der Waals surface area contributed by atoms with E-state index in [0.717, 1.165) is 11.5 Å². The smallest absolute Gasteiger partial charge is 0.405 e. The van der Waals surface area contributed by atoms with Crippen molar-refractivity contribution in [3.63, 3.8) is 0 Å². The van der Waals surface area contributed by atoms with Crippen molar-refractivity contribution in [3.8, 4) is 11.5 Å². The highest BCUT2D eigenvalue weighted by atomic mass is 32.2. The van der Waals surface area contributed by atoms with Crippen molar-refractivity contribution in [3.05, 3.63) is 199 Å². The standard InChI is InChI=1S/C48H35O2S.C2H3F3O3S/c1-2-20-40(21-3-1)51(41-22-12-18-38(30-41)49-32-47-43-24-8-4-14-34(43)28-35-15-5-9-25-44(35)47)42-23-13-19-39(31-42)50-33-48-45-26-10-6-16-36(45)29-37-17-7-11-27-46(37)48;3-2(4,5)1-9(6,7)8/h1-31H,32-33H2;1H2,(H,6,7,8)/q+1;. The maximum absolute atomic E-state index is 11.0. The number of rotatable bonds is 10. The van der Waals surface area contributed by atoms with Crippen LogP contribution in [-0.4, -0.2) is 24.9 Å². The molecule has 10 heteroatoms. The van der Waals surface area contributed by atoms with E-state index in [1.807, 2.05) is 0 Å². The second-order valence-corrected chi connectivity index (χ2v) is 17.6. The predicted molar refractivity (Wildman–Crippen MR) is 236 cm³/mol. The lowest BCUT2D eigenvalue weighted by Crippen LogP contribution is -2.21. The van der Waals surface area contributed by atoms with E-state index in [4.69, 9.17) is 14.0 Å². The highest BCUT2D eigenvalue weighted by Gasteiger charge is 2.34. The minimum absolute atomic E-state index is 0.380. The Morgan fingerprint density at radius 3 is 1.15 bits per heavy atom. The predicted octanol–water partition coefficient (Wildman–Crippen LogP) is 13.0. The van der Waals surface area contributed by atoms with Crippen LogP contribution in [0.1, 0.15) is 11.1 Å². The molecular weight excluding hydrogens is 802 g/mol. The average Bonchev–Trinajstić information content (AvgIpc) is 3.23. The van der Waals surface area contributed by atoms with Crippen LogP contribution in [0.4, 0.5) is 13.2 Å². The number of ether oxygens (including phenoxy) is 2.